The Bertz CT molecular complexity index is 321. The van der Waals surface area contributed by atoms with Crippen molar-refractivity contribution in [1.29, 1.82) is 0 Å². The zero-order valence-electron chi connectivity index (χ0n) is 5.82. The number of nitrogens with zero attached hydrogens (tertiary/aromatic N) is 2. The molecule has 11 heavy (non-hydrogen) atoms. The minimum atomic E-state index is -0.0423. The highest BCUT2D eigenvalue weighted by molar-refractivity contribution is 6.72. The van der Waals surface area contributed by atoms with E-state index in [4.69, 9.17) is 0 Å². The fraction of sp³-hybridized carbons (Fsp3) is 0.125. The van der Waals surface area contributed by atoms with Gasteiger partial charge >= 0.3 is 0 Å². The van der Waals surface area contributed by atoms with Crippen molar-refractivity contribution in [1.82, 2.24) is 0 Å². The minimum absolute atomic E-state index is 0.0423. The van der Waals surface area contributed by atoms with E-state index >= 15 is 0 Å². The third-order valence-electron chi connectivity index (χ3n) is 1.55. The molecule has 0 fully saturated rings. The molecule has 2 heterocycles. The molecule has 2 aliphatic heterocycles. The van der Waals surface area contributed by atoms with Crippen molar-refractivity contribution in [3.63, 3.8) is 0 Å². The summed E-state index contributed by atoms with van der Waals surface area (Å²) in [6.45, 7) is 0.591. The van der Waals surface area contributed by atoms with Gasteiger partial charge in [0.1, 0.15) is 5.71 Å². The SMILES string of the molecule is O=C1C=CN=C2C=CCN=C12. The average molecular weight is 146 g/mol. The molecule has 0 aliphatic carbocycles. The van der Waals surface area contributed by atoms with Crippen molar-refractivity contribution in [3.05, 3.63) is 24.4 Å². The van der Waals surface area contributed by atoms with Gasteiger partial charge in [-0.1, -0.05) is 6.08 Å². The van der Waals surface area contributed by atoms with Gasteiger partial charge in [-0.05, 0) is 6.08 Å². The van der Waals surface area contributed by atoms with Crippen LogP contribution in [0.25, 0.3) is 0 Å². The van der Waals surface area contributed by atoms with Crippen molar-refractivity contribution in [2.45, 2.75) is 0 Å². The molecule has 0 unspecified atom stereocenters. The number of hydrogen-bond donors (Lipinski definition) is 0. The van der Waals surface area contributed by atoms with Crippen molar-refractivity contribution in [3.8, 4) is 0 Å². The summed E-state index contributed by atoms with van der Waals surface area (Å²) in [6, 6.07) is 0. The van der Waals surface area contributed by atoms with Gasteiger partial charge < -0.3 is 0 Å². The van der Waals surface area contributed by atoms with Crippen LogP contribution in [0.3, 0.4) is 0 Å². The number of rotatable bonds is 0. The molecule has 0 radical (unpaired) electrons. The van der Waals surface area contributed by atoms with Crippen LogP contribution in [0.2, 0.25) is 0 Å². The Balaban J connectivity index is 2.48. The Morgan fingerprint density at radius 3 is 3.09 bits per heavy atom. The molecule has 0 atom stereocenters. The number of ketones is 1. The molecule has 0 aromatic heterocycles. The number of carbonyl (C=O) groups excluding carboxylic acids is 1. The second-order valence-corrected chi connectivity index (χ2v) is 2.29. The first-order chi connectivity index (χ1) is 5.38. The van der Waals surface area contributed by atoms with E-state index in [9.17, 15) is 4.79 Å². The van der Waals surface area contributed by atoms with E-state index in [1.54, 1.807) is 0 Å². The summed E-state index contributed by atoms with van der Waals surface area (Å²) >= 11 is 0. The fourth-order valence-corrected chi connectivity index (χ4v) is 1.04. The van der Waals surface area contributed by atoms with E-state index in [-0.39, 0.29) is 5.78 Å². The van der Waals surface area contributed by atoms with E-state index in [1.807, 2.05) is 12.2 Å². The molecule has 0 bridgehead atoms. The Hall–Kier alpha value is -1.51. The van der Waals surface area contributed by atoms with Gasteiger partial charge in [-0.15, -0.1) is 0 Å². The molecule has 2 aliphatic rings. The molecule has 0 N–H and O–H groups in total. The second-order valence-electron chi connectivity index (χ2n) is 2.29. The lowest BCUT2D eigenvalue weighted by molar-refractivity contribution is -0.108. The summed E-state index contributed by atoms with van der Waals surface area (Å²) in [5.41, 5.74) is 1.18. The van der Waals surface area contributed by atoms with E-state index < -0.39 is 0 Å². The molecule has 2 rings (SSSR count). The van der Waals surface area contributed by atoms with Gasteiger partial charge in [-0.2, -0.15) is 0 Å². The summed E-state index contributed by atoms with van der Waals surface area (Å²) < 4.78 is 0. The maximum atomic E-state index is 11.1. The third kappa shape index (κ3) is 0.941. The highest BCUT2D eigenvalue weighted by atomic mass is 16.1. The van der Waals surface area contributed by atoms with E-state index in [0.29, 0.717) is 18.0 Å². The predicted molar refractivity (Wildman–Crippen MR) is 43.0 cm³/mol. The van der Waals surface area contributed by atoms with Gasteiger partial charge in [0.15, 0.2) is 0 Å². The Kier molecular flexibility index (Phi) is 1.28. The molecule has 3 heteroatoms. The third-order valence-corrected chi connectivity index (χ3v) is 1.55. The van der Waals surface area contributed by atoms with Crippen molar-refractivity contribution in [2.75, 3.05) is 6.54 Å². The van der Waals surface area contributed by atoms with Gasteiger partial charge in [0, 0.05) is 12.3 Å². The number of aliphatic imine (C=N–C) groups is 2. The maximum Gasteiger partial charge on any atom is 0.207 e. The minimum Gasteiger partial charge on any atom is -0.287 e. The summed E-state index contributed by atoms with van der Waals surface area (Å²) in [4.78, 5) is 19.1. The van der Waals surface area contributed by atoms with Gasteiger partial charge in [0.05, 0.1) is 12.3 Å². The molecule has 0 saturated heterocycles. The zero-order chi connectivity index (χ0) is 7.68. The van der Waals surface area contributed by atoms with E-state index in [2.05, 4.69) is 9.98 Å². The number of allylic oxidation sites excluding steroid dienone is 2. The maximum absolute atomic E-state index is 11.1. The predicted octanol–water partition coefficient (Wildman–Crippen LogP) is 0.535. The molecular weight excluding hydrogens is 140 g/mol. The Morgan fingerprint density at radius 2 is 2.27 bits per heavy atom. The lowest BCUT2D eigenvalue weighted by Crippen LogP contribution is -2.25. The lowest BCUT2D eigenvalue weighted by atomic mass is 10.1. The molecule has 0 amide bonds. The Labute approximate surface area is 63.9 Å². The normalized spacial score (nSPS) is 20.9. The molecule has 0 aromatic rings. The number of carbonyl (C=O) groups is 1. The van der Waals surface area contributed by atoms with Crippen LogP contribution in [0.5, 0.6) is 0 Å². The molecular formula is C8H6N2O. The number of hydrogen-bond acceptors (Lipinski definition) is 3. The highest BCUT2D eigenvalue weighted by Gasteiger charge is 2.17. The first-order valence-corrected chi connectivity index (χ1v) is 3.38. The van der Waals surface area contributed by atoms with Crippen LogP contribution in [0.15, 0.2) is 34.4 Å². The standard InChI is InChI=1S/C8H6N2O/c11-7-3-5-9-6-2-1-4-10-8(6)7/h1-3,5H,4H2. The summed E-state index contributed by atoms with van der Waals surface area (Å²) in [5.74, 6) is -0.0423. The summed E-state index contributed by atoms with van der Waals surface area (Å²) in [5, 5.41) is 0. The topological polar surface area (TPSA) is 41.8 Å². The smallest absolute Gasteiger partial charge is 0.207 e. The van der Waals surface area contributed by atoms with Crippen LogP contribution < -0.4 is 0 Å². The van der Waals surface area contributed by atoms with Gasteiger partial charge in [0.2, 0.25) is 5.78 Å². The molecule has 0 saturated carbocycles. The molecule has 54 valence electrons. The van der Waals surface area contributed by atoms with Crippen LogP contribution in [-0.4, -0.2) is 23.8 Å². The average Bonchev–Trinajstić information content (AvgIpc) is 2.06. The first-order valence-electron chi connectivity index (χ1n) is 3.38. The van der Waals surface area contributed by atoms with Crippen molar-refractivity contribution in [2.24, 2.45) is 9.98 Å². The lowest BCUT2D eigenvalue weighted by Gasteiger charge is -2.08. The Morgan fingerprint density at radius 1 is 1.36 bits per heavy atom. The van der Waals surface area contributed by atoms with Crippen LogP contribution in [0.1, 0.15) is 0 Å². The van der Waals surface area contributed by atoms with Gasteiger partial charge in [0.25, 0.3) is 0 Å². The van der Waals surface area contributed by atoms with Gasteiger partial charge in [-0.25, -0.2) is 0 Å². The van der Waals surface area contributed by atoms with Crippen molar-refractivity contribution < 1.29 is 4.79 Å². The fourth-order valence-electron chi connectivity index (χ4n) is 1.04. The molecule has 3 nitrogen and oxygen atoms in total. The zero-order valence-corrected chi connectivity index (χ0v) is 5.82. The van der Waals surface area contributed by atoms with Crippen molar-refractivity contribution >= 4 is 17.2 Å². The van der Waals surface area contributed by atoms with Crippen LogP contribution in [0, 0.1) is 0 Å². The number of dihydropyridines is 1. The largest absolute Gasteiger partial charge is 0.287 e. The monoisotopic (exact) mass is 146 g/mol. The molecule has 0 spiro atoms. The number of fused-ring (bicyclic) bond motifs is 1. The van der Waals surface area contributed by atoms with Gasteiger partial charge in [-0.3, -0.25) is 14.8 Å². The molecule has 0 aromatic carbocycles. The van der Waals surface area contributed by atoms with Crippen LogP contribution in [-0.2, 0) is 4.79 Å². The second kappa shape index (κ2) is 2.27. The van der Waals surface area contributed by atoms with E-state index in [0.717, 1.165) is 0 Å². The van der Waals surface area contributed by atoms with E-state index in [1.165, 1.54) is 12.3 Å². The van der Waals surface area contributed by atoms with Crippen LogP contribution >= 0.6 is 0 Å². The first kappa shape index (κ1) is 6.22. The highest BCUT2D eigenvalue weighted by Crippen LogP contribution is 2.03. The van der Waals surface area contributed by atoms with Crippen LogP contribution in [0.4, 0.5) is 0 Å². The summed E-state index contributed by atoms with van der Waals surface area (Å²) in [6.07, 6.45) is 6.65. The summed E-state index contributed by atoms with van der Waals surface area (Å²) in [7, 11) is 0. The quantitative estimate of drug-likeness (QED) is 0.491.